The SMILES string of the molecule is CC.CCc1nc(C(C)C)cn1CC. The molecule has 1 aromatic heterocycles. The van der Waals surface area contributed by atoms with E-state index in [2.05, 4.69) is 43.4 Å². The number of aryl methyl sites for hydroxylation is 2. The highest BCUT2D eigenvalue weighted by Gasteiger charge is 2.07. The Labute approximate surface area is 88.4 Å². The molecule has 0 fully saturated rings. The summed E-state index contributed by atoms with van der Waals surface area (Å²) in [5.41, 5.74) is 1.22. The molecule has 0 N–H and O–H groups in total. The van der Waals surface area contributed by atoms with Gasteiger partial charge in [0.15, 0.2) is 0 Å². The van der Waals surface area contributed by atoms with Crippen molar-refractivity contribution in [3.8, 4) is 0 Å². The third kappa shape index (κ3) is 3.17. The average molecular weight is 196 g/mol. The molecule has 0 bridgehead atoms. The Kier molecular flexibility index (Phi) is 6.26. The number of aromatic nitrogens is 2. The molecule has 0 aliphatic carbocycles. The van der Waals surface area contributed by atoms with Crippen molar-refractivity contribution in [2.24, 2.45) is 0 Å². The van der Waals surface area contributed by atoms with Crippen LogP contribution in [0.15, 0.2) is 6.20 Å². The zero-order valence-electron chi connectivity index (χ0n) is 10.5. The summed E-state index contributed by atoms with van der Waals surface area (Å²) in [6, 6.07) is 0. The molecule has 2 heteroatoms. The average Bonchev–Trinajstić information content (AvgIpc) is 2.63. The fraction of sp³-hybridized carbons (Fsp3) is 0.750. The molecule has 82 valence electrons. The first kappa shape index (κ1) is 13.2. The summed E-state index contributed by atoms with van der Waals surface area (Å²) < 4.78 is 2.23. The number of rotatable bonds is 3. The van der Waals surface area contributed by atoms with Gasteiger partial charge in [0.05, 0.1) is 5.69 Å². The molecule has 0 saturated heterocycles. The molecule has 0 aliphatic heterocycles. The van der Waals surface area contributed by atoms with Gasteiger partial charge < -0.3 is 4.57 Å². The first-order chi connectivity index (χ1) is 6.69. The van der Waals surface area contributed by atoms with Crippen molar-refractivity contribution in [3.63, 3.8) is 0 Å². The van der Waals surface area contributed by atoms with Crippen molar-refractivity contribution >= 4 is 0 Å². The predicted octanol–water partition coefficient (Wildman–Crippen LogP) is 3.62. The van der Waals surface area contributed by atoms with Crippen LogP contribution < -0.4 is 0 Å². The van der Waals surface area contributed by atoms with E-state index in [4.69, 9.17) is 0 Å². The highest BCUT2D eigenvalue weighted by Crippen LogP contribution is 2.13. The molecular formula is C12H24N2. The lowest BCUT2D eigenvalue weighted by molar-refractivity contribution is 0.705. The maximum Gasteiger partial charge on any atom is 0.108 e. The molecule has 0 aromatic carbocycles. The molecule has 1 heterocycles. The van der Waals surface area contributed by atoms with Crippen LogP contribution in [0.2, 0.25) is 0 Å². The van der Waals surface area contributed by atoms with Crippen molar-refractivity contribution in [2.45, 2.75) is 60.4 Å². The Morgan fingerprint density at radius 2 is 1.86 bits per heavy atom. The van der Waals surface area contributed by atoms with Gasteiger partial charge in [-0.2, -0.15) is 0 Å². The number of hydrogen-bond donors (Lipinski definition) is 0. The van der Waals surface area contributed by atoms with Crippen LogP contribution in [0.1, 0.15) is 59.0 Å². The molecule has 0 unspecified atom stereocenters. The highest BCUT2D eigenvalue weighted by atomic mass is 15.1. The van der Waals surface area contributed by atoms with Crippen LogP contribution in [0.3, 0.4) is 0 Å². The third-order valence-electron chi connectivity index (χ3n) is 2.13. The van der Waals surface area contributed by atoms with E-state index in [0.29, 0.717) is 5.92 Å². The maximum absolute atomic E-state index is 4.56. The third-order valence-corrected chi connectivity index (χ3v) is 2.13. The van der Waals surface area contributed by atoms with Gasteiger partial charge in [-0.25, -0.2) is 4.98 Å². The first-order valence-corrected chi connectivity index (χ1v) is 5.75. The largest absolute Gasteiger partial charge is 0.335 e. The van der Waals surface area contributed by atoms with Gasteiger partial charge in [0.25, 0.3) is 0 Å². The van der Waals surface area contributed by atoms with Crippen LogP contribution in [0, 0.1) is 0 Å². The van der Waals surface area contributed by atoms with Gasteiger partial charge in [-0.1, -0.05) is 34.6 Å². The molecule has 0 radical (unpaired) electrons. The summed E-state index contributed by atoms with van der Waals surface area (Å²) in [6.07, 6.45) is 3.20. The van der Waals surface area contributed by atoms with Crippen LogP contribution in [0.4, 0.5) is 0 Å². The lowest BCUT2D eigenvalue weighted by atomic mass is 10.2. The second-order valence-corrected chi connectivity index (χ2v) is 3.38. The maximum atomic E-state index is 4.56. The zero-order valence-corrected chi connectivity index (χ0v) is 10.5. The molecule has 0 saturated carbocycles. The lowest BCUT2D eigenvalue weighted by Gasteiger charge is -1.99. The van der Waals surface area contributed by atoms with Crippen molar-refractivity contribution in [1.29, 1.82) is 0 Å². The molecule has 1 aromatic rings. The normalized spacial score (nSPS) is 9.93. The monoisotopic (exact) mass is 196 g/mol. The number of imidazole rings is 1. The van der Waals surface area contributed by atoms with Gasteiger partial charge in [0, 0.05) is 19.2 Å². The van der Waals surface area contributed by atoms with Gasteiger partial charge >= 0.3 is 0 Å². The Morgan fingerprint density at radius 3 is 2.14 bits per heavy atom. The van der Waals surface area contributed by atoms with Crippen LogP contribution in [0.5, 0.6) is 0 Å². The Morgan fingerprint density at radius 1 is 1.29 bits per heavy atom. The Hall–Kier alpha value is -0.790. The van der Waals surface area contributed by atoms with E-state index >= 15 is 0 Å². The van der Waals surface area contributed by atoms with Crippen LogP contribution >= 0.6 is 0 Å². The van der Waals surface area contributed by atoms with Gasteiger partial charge in [-0.05, 0) is 12.8 Å². The van der Waals surface area contributed by atoms with Gasteiger partial charge in [-0.15, -0.1) is 0 Å². The second-order valence-electron chi connectivity index (χ2n) is 3.38. The van der Waals surface area contributed by atoms with E-state index in [9.17, 15) is 0 Å². The van der Waals surface area contributed by atoms with Crippen LogP contribution in [-0.2, 0) is 13.0 Å². The minimum atomic E-state index is 0.545. The summed E-state index contributed by atoms with van der Waals surface area (Å²) in [5, 5.41) is 0. The van der Waals surface area contributed by atoms with Crippen molar-refractivity contribution in [1.82, 2.24) is 9.55 Å². The van der Waals surface area contributed by atoms with Crippen molar-refractivity contribution in [2.75, 3.05) is 0 Å². The van der Waals surface area contributed by atoms with E-state index in [-0.39, 0.29) is 0 Å². The van der Waals surface area contributed by atoms with Crippen molar-refractivity contribution < 1.29 is 0 Å². The molecule has 14 heavy (non-hydrogen) atoms. The summed E-state index contributed by atoms with van der Waals surface area (Å²) in [7, 11) is 0. The Bertz CT molecular complexity index is 227. The van der Waals surface area contributed by atoms with Crippen LogP contribution in [0.25, 0.3) is 0 Å². The van der Waals surface area contributed by atoms with Gasteiger partial charge in [-0.3, -0.25) is 0 Å². The summed E-state index contributed by atoms with van der Waals surface area (Å²) in [6.45, 7) is 13.7. The first-order valence-electron chi connectivity index (χ1n) is 5.75. The van der Waals surface area contributed by atoms with E-state index in [0.717, 1.165) is 13.0 Å². The van der Waals surface area contributed by atoms with Crippen molar-refractivity contribution in [3.05, 3.63) is 17.7 Å². The Balaban J connectivity index is 0.000000791. The second kappa shape index (κ2) is 6.63. The van der Waals surface area contributed by atoms with Gasteiger partial charge in [0.2, 0.25) is 0 Å². The lowest BCUT2D eigenvalue weighted by Crippen LogP contribution is -1.98. The predicted molar refractivity (Wildman–Crippen MR) is 62.7 cm³/mol. The minimum absolute atomic E-state index is 0.545. The number of nitrogens with zero attached hydrogens (tertiary/aromatic N) is 2. The molecule has 0 spiro atoms. The summed E-state index contributed by atoms with van der Waals surface area (Å²) >= 11 is 0. The number of hydrogen-bond acceptors (Lipinski definition) is 1. The standard InChI is InChI=1S/C10H18N2.C2H6/c1-5-10-11-9(8(3)4)7-12(10)6-2;1-2/h7-8H,5-6H2,1-4H3;1-2H3. The summed E-state index contributed by atoms with van der Waals surface area (Å²) in [4.78, 5) is 4.56. The molecule has 2 nitrogen and oxygen atoms in total. The quantitative estimate of drug-likeness (QED) is 0.722. The minimum Gasteiger partial charge on any atom is -0.335 e. The smallest absolute Gasteiger partial charge is 0.108 e. The fourth-order valence-electron chi connectivity index (χ4n) is 1.31. The molecular weight excluding hydrogens is 172 g/mol. The molecule has 1 rings (SSSR count). The van der Waals surface area contributed by atoms with E-state index in [1.54, 1.807) is 0 Å². The molecule has 0 atom stereocenters. The van der Waals surface area contributed by atoms with Crippen LogP contribution in [-0.4, -0.2) is 9.55 Å². The van der Waals surface area contributed by atoms with Gasteiger partial charge in [0.1, 0.15) is 5.82 Å². The highest BCUT2D eigenvalue weighted by molar-refractivity contribution is 5.07. The molecule has 0 aliphatic rings. The molecule has 0 amide bonds. The van der Waals surface area contributed by atoms with E-state index in [1.807, 2.05) is 13.8 Å². The van der Waals surface area contributed by atoms with E-state index in [1.165, 1.54) is 11.5 Å². The topological polar surface area (TPSA) is 17.8 Å². The fourth-order valence-corrected chi connectivity index (χ4v) is 1.31. The zero-order chi connectivity index (χ0) is 11.1. The summed E-state index contributed by atoms with van der Waals surface area (Å²) in [5.74, 6) is 1.75. The van der Waals surface area contributed by atoms with E-state index < -0.39 is 0 Å².